The highest BCUT2D eigenvalue weighted by molar-refractivity contribution is 7.11. The number of aromatic nitrogens is 1. The van der Waals surface area contributed by atoms with Crippen molar-refractivity contribution in [2.75, 3.05) is 13.2 Å². The summed E-state index contributed by atoms with van der Waals surface area (Å²) >= 11 is 1.72. The molecule has 2 N–H and O–H groups in total. The van der Waals surface area contributed by atoms with E-state index in [2.05, 4.69) is 4.98 Å². The van der Waals surface area contributed by atoms with Crippen molar-refractivity contribution >= 4 is 11.3 Å². The highest BCUT2D eigenvalue weighted by atomic mass is 32.1. The minimum Gasteiger partial charge on any atom is -0.381 e. The number of nitrogens with two attached hydrogens (primary N) is 1. The van der Waals surface area contributed by atoms with E-state index >= 15 is 0 Å². The van der Waals surface area contributed by atoms with Crippen molar-refractivity contribution in [3.63, 3.8) is 0 Å². The Morgan fingerprint density at radius 3 is 2.87 bits per heavy atom. The summed E-state index contributed by atoms with van der Waals surface area (Å²) in [6.07, 6.45) is 2.31. The van der Waals surface area contributed by atoms with Crippen LogP contribution in [0.25, 0.3) is 0 Å². The third-order valence-corrected chi connectivity index (χ3v) is 4.12. The van der Waals surface area contributed by atoms with E-state index in [-0.39, 0.29) is 6.04 Å². The summed E-state index contributed by atoms with van der Waals surface area (Å²) < 4.78 is 5.48. The standard InChI is InChI=1S/C11H18N2OS/c1-7-11(15-8(2)13-7)10(12)9-4-3-5-14-6-9/h9-10H,3-6,12H2,1-2H3. The normalized spacial score (nSPS) is 24.1. The lowest BCUT2D eigenvalue weighted by Gasteiger charge is -2.27. The second-order valence-corrected chi connectivity index (χ2v) is 5.42. The van der Waals surface area contributed by atoms with Gasteiger partial charge in [-0.15, -0.1) is 11.3 Å². The third kappa shape index (κ3) is 2.38. The Hall–Kier alpha value is -0.450. The maximum Gasteiger partial charge on any atom is 0.0900 e. The lowest BCUT2D eigenvalue weighted by Crippen LogP contribution is -2.28. The van der Waals surface area contributed by atoms with Gasteiger partial charge < -0.3 is 10.5 Å². The van der Waals surface area contributed by atoms with Crippen molar-refractivity contribution in [1.29, 1.82) is 0 Å². The van der Waals surface area contributed by atoms with Crippen LogP contribution in [0.15, 0.2) is 0 Å². The van der Waals surface area contributed by atoms with Gasteiger partial charge in [-0.2, -0.15) is 0 Å². The van der Waals surface area contributed by atoms with Gasteiger partial charge in [0.25, 0.3) is 0 Å². The molecule has 1 aliphatic rings. The SMILES string of the molecule is Cc1nc(C)c(C(N)C2CCCOC2)s1. The van der Waals surface area contributed by atoms with Gasteiger partial charge in [0, 0.05) is 23.4 Å². The summed E-state index contributed by atoms with van der Waals surface area (Å²) in [5.41, 5.74) is 7.37. The molecule has 1 aliphatic heterocycles. The molecule has 0 aliphatic carbocycles. The van der Waals surface area contributed by atoms with Gasteiger partial charge in [-0.05, 0) is 26.7 Å². The molecule has 1 saturated heterocycles. The van der Waals surface area contributed by atoms with Crippen molar-refractivity contribution in [2.45, 2.75) is 32.7 Å². The quantitative estimate of drug-likeness (QED) is 0.841. The van der Waals surface area contributed by atoms with Gasteiger partial charge >= 0.3 is 0 Å². The maximum atomic E-state index is 6.27. The fourth-order valence-electron chi connectivity index (χ4n) is 2.12. The van der Waals surface area contributed by atoms with Crippen LogP contribution in [0.3, 0.4) is 0 Å². The lowest BCUT2D eigenvalue weighted by atomic mass is 9.93. The van der Waals surface area contributed by atoms with E-state index in [1.54, 1.807) is 11.3 Å². The zero-order chi connectivity index (χ0) is 10.8. The molecule has 1 aromatic rings. The van der Waals surface area contributed by atoms with Crippen molar-refractivity contribution in [3.05, 3.63) is 15.6 Å². The summed E-state index contributed by atoms with van der Waals surface area (Å²) in [7, 11) is 0. The van der Waals surface area contributed by atoms with Gasteiger partial charge in [0.15, 0.2) is 0 Å². The molecule has 2 heterocycles. The number of rotatable bonds is 2. The summed E-state index contributed by atoms with van der Waals surface area (Å²) in [6, 6.07) is 0.108. The maximum absolute atomic E-state index is 6.27. The van der Waals surface area contributed by atoms with Crippen LogP contribution in [0, 0.1) is 19.8 Å². The lowest BCUT2D eigenvalue weighted by molar-refractivity contribution is 0.0451. The van der Waals surface area contributed by atoms with Crippen LogP contribution in [-0.4, -0.2) is 18.2 Å². The fourth-order valence-corrected chi connectivity index (χ4v) is 3.14. The molecule has 84 valence electrons. The Morgan fingerprint density at radius 2 is 2.33 bits per heavy atom. The fraction of sp³-hybridized carbons (Fsp3) is 0.727. The van der Waals surface area contributed by atoms with Gasteiger partial charge in [0.2, 0.25) is 0 Å². The van der Waals surface area contributed by atoms with Crippen LogP contribution in [-0.2, 0) is 4.74 Å². The monoisotopic (exact) mass is 226 g/mol. The molecular formula is C11H18N2OS. The van der Waals surface area contributed by atoms with Gasteiger partial charge in [-0.25, -0.2) is 4.98 Å². The molecule has 0 bridgehead atoms. The molecule has 1 fully saturated rings. The minimum atomic E-state index is 0.108. The van der Waals surface area contributed by atoms with Crippen LogP contribution in [0.1, 0.15) is 34.5 Å². The van der Waals surface area contributed by atoms with Crippen LogP contribution in [0.4, 0.5) is 0 Å². The van der Waals surface area contributed by atoms with E-state index in [1.165, 1.54) is 11.3 Å². The molecule has 0 spiro atoms. The highest BCUT2D eigenvalue weighted by Gasteiger charge is 2.25. The van der Waals surface area contributed by atoms with Gasteiger partial charge in [-0.1, -0.05) is 0 Å². The zero-order valence-electron chi connectivity index (χ0n) is 9.32. The van der Waals surface area contributed by atoms with Crippen LogP contribution in [0.5, 0.6) is 0 Å². The molecule has 2 rings (SSSR count). The first kappa shape index (κ1) is 11.0. The second kappa shape index (κ2) is 4.60. The van der Waals surface area contributed by atoms with E-state index in [9.17, 15) is 0 Å². The van der Waals surface area contributed by atoms with Crippen molar-refractivity contribution in [3.8, 4) is 0 Å². The molecule has 0 radical (unpaired) electrons. The number of thiazole rings is 1. The number of ether oxygens (including phenoxy) is 1. The Balaban J connectivity index is 2.12. The molecular weight excluding hydrogens is 208 g/mol. The number of aryl methyl sites for hydroxylation is 2. The van der Waals surface area contributed by atoms with Gasteiger partial charge in [0.1, 0.15) is 0 Å². The largest absolute Gasteiger partial charge is 0.381 e. The average Bonchev–Trinajstić information content (AvgIpc) is 2.58. The molecule has 15 heavy (non-hydrogen) atoms. The Labute approximate surface area is 94.7 Å². The molecule has 2 atom stereocenters. The predicted octanol–water partition coefficient (Wildman–Crippen LogP) is 2.19. The second-order valence-electron chi connectivity index (χ2n) is 4.19. The molecule has 0 amide bonds. The van der Waals surface area contributed by atoms with Crippen molar-refractivity contribution < 1.29 is 4.74 Å². The van der Waals surface area contributed by atoms with Gasteiger partial charge in [0.05, 0.1) is 17.3 Å². The van der Waals surface area contributed by atoms with Gasteiger partial charge in [-0.3, -0.25) is 0 Å². The Kier molecular flexibility index (Phi) is 3.38. The molecule has 2 unspecified atom stereocenters. The third-order valence-electron chi connectivity index (χ3n) is 2.95. The van der Waals surface area contributed by atoms with E-state index in [0.717, 1.165) is 30.3 Å². The molecule has 1 aromatic heterocycles. The number of hydrogen-bond acceptors (Lipinski definition) is 4. The number of hydrogen-bond donors (Lipinski definition) is 1. The van der Waals surface area contributed by atoms with E-state index in [4.69, 9.17) is 10.5 Å². The summed E-state index contributed by atoms with van der Waals surface area (Å²) in [5.74, 6) is 0.470. The molecule has 0 aromatic carbocycles. The topological polar surface area (TPSA) is 48.1 Å². The zero-order valence-corrected chi connectivity index (χ0v) is 10.1. The predicted molar refractivity (Wildman–Crippen MR) is 62.1 cm³/mol. The summed E-state index contributed by atoms with van der Waals surface area (Å²) in [6.45, 7) is 5.77. The Morgan fingerprint density at radius 1 is 1.53 bits per heavy atom. The van der Waals surface area contributed by atoms with Crippen LogP contribution < -0.4 is 5.73 Å². The minimum absolute atomic E-state index is 0.108. The molecule has 4 heteroatoms. The molecule has 3 nitrogen and oxygen atoms in total. The molecule has 0 saturated carbocycles. The van der Waals surface area contributed by atoms with E-state index in [0.29, 0.717) is 5.92 Å². The first-order valence-electron chi connectivity index (χ1n) is 5.45. The van der Waals surface area contributed by atoms with E-state index in [1.807, 2.05) is 13.8 Å². The summed E-state index contributed by atoms with van der Waals surface area (Å²) in [5, 5.41) is 1.11. The van der Waals surface area contributed by atoms with Crippen LogP contribution >= 0.6 is 11.3 Å². The average molecular weight is 226 g/mol. The highest BCUT2D eigenvalue weighted by Crippen LogP contribution is 2.32. The summed E-state index contributed by atoms with van der Waals surface area (Å²) in [4.78, 5) is 5.66. The van der Waals surface area contributed by atoms with Crippen LogP contribution in [0.2, 0.25) is 0 Å². The Bertz CT molecular complexity index is 331. The number of nitrogens with zero attached hydrogens (tertiary/aromatic N) is 1. The van der Waals surface area contributed by atoms with Crippen molar-refractivity contribution in [1.82, 2.24) is 4.98 Å². The van der Waals surface area contributed by atoms with Crippen molar-refractivity contribution in [2.24, 2.45) is 11.7 Å². The first-order chi connectivity index (χ1) is 7.18. The van der Waals surface area contributed by atoms with E-state index < -0.39 is 0 Å². The smallest absolute Gasteiger partial charge is 0.0900 e. The first-order valence-corrected chi connectivity index (χ1v) is 6.27.